The van der Waals surface area contributed by atoms with E-state index in [1.807, 2.05) is 18.2 Å². The van der Waals surface area contributed by atoms with Gasteiger partial charge in [-0.05, 0) is 80.2 Å². The summed E-state index contributed by atoms with van der Waals surface area (Å²) in [5, 5.41) is 5.18. The van der Waals surface area contributed by atoms with Crippen molar-refractivity contribution in [1.29, 1.82) is 0 Å². The molecule has 10 heteroatoms. The van der Waals surface area contributed by atoms with E-state index < -0.39 is 10.0 Å². The Morgan fingerprint density at radius 3 is 2.32 bits per heavy atom. The number of nitrogens with two attached hydrogens (primary N) is 1. The lowest BCUT2D eigenvalue weighted by atomic mass is 9.90. The number of amides is 1. The number of ether oxygens (including phenoxy) is 1. The van der Waals surface area contributed by atoms with E-state index >= 15 is 0 Å². The zero-order valence-corrected chi connectivity index (χ0v) is 22.5. The Morgan fingerprint density at radius 2 is 1.66 bits per heavy atom. The van der Waals surface area contributed by atoms with E-state index in [0.717, 1.165) is 74.6 Å². The predicted molar refractivity (Wildman–Crippen MR) is 141 cm³/mol. The molecular weight excluding hydrogens is 506 g/mol. The molecule has 2 heterocycles. The lowest BCUT2D eigenvalue weighted by Crippen LogP contribution is -2.39. The van der Waals surface area contributed by atoms with Gasteiger partial charge in [0.2, 0.25) is 10.0 Å². The number of rotatable bonds is 9. The molecule has 206 valence electrons. The molecule has 2 N–H and O–H groups in total. The average Bonchev–Trinajstić information content (AvgIpc) is 3.77. The number of hydrogen-bond donors (Lipinski definition) is 1. The van der Waals surface area contributed by atoms with Gasteiger partial charge < -0.3 is 14.5 Å². The molecule has 0 bridgehead atoms. The van der Waals surface area contributed by atoms with Crippen LogP contribution in [0.1, 0.15) is 80.5 Å². The van der Waals surface area contributed by atoms with Crippen LogP contribution in [0.2, 0.25) is 0 Å². The van der Waals surface area contributed by atoms with E-state index in [1.165, 1.54) is 6.42 Å². The van der Waals surface area contributed by atoms with Crippen molar-refractivity contribution in [3.8, 4) is 5.88 Å². The van der Waals surface area contributed by atoms with Crippen molar-refractivity contribution < 1.29 is 27.7 Å². The largest absolute Gasteiger partial charge is 0.445 e. The van der Waals surface area contributed by atoms with Crippen molar-refractivity contribution in [3.05, 3.63) is 53.2 Å². The first kappa shape index (κ1) is 26.9. The molecule has 0 spiro atoms. The Morgan fingerprint density at radius 1 is 0.947 bits per heavy atom. The Bertz CT molecular complexity index is 1200. The number of piperidine rings is 1. The molecule has 2 aliphatic carbocycles. The third kappa shape index (κ3) is 7.45. The van der Waals surface area contributed by atoms with Gasteiger partial charge in [0.25, 0.3) is 5.88 Å². The van der Waals surface area contributed by atoms with E-state index in [2.05, 4.69) is 4.98 Å². The van der Waals surface area contributed by atoms with Crippen LogP contribution in [0, 0.1) is 5.92 Å². The Kier molecular flexibility index (Phi) is 8.50. The number of carbonyl (C=O) groups excluding carboxylic acids is 1. The van der Waals surface area contributed by atoms with E-state index in [-0.39, 0.29) is 23.7 Å². The minimum Gasteiger partial charge on any atom is -0.445 e. The van der Waals surface area contributed by atoms with Crippen molar-refractivity contribution in [3.63, 3.8) is 0 Å². The van der Waals surface area contributed by atoms with Crippen molar-refractivity contribution in [2.45, 2.75) is 87.7 Å². The summed E-state index contributed by atoms with van der Waals surface area (Å²) in [4.78, 5) is 30.6. The average molecular weight is 544 g/mol. The zero-order valence-electron chi connectivity index (χ0n) is 21.7. The maximum Gasteiger partial charge on any atom is 0.410 e. The maximum atomic E-state index is 12.8. The van der Waals surface area contributed by atoms with Crippen molar-refractivity contribution >= 4 is 16.1 Å². The molecule has 38 heavy (non-hydrogen) atoms. The number of nitrogens with zero attached hydrogens (tertiary/aromatic N) is 2. The van der Waals surface area contributed by atoms with Crippen LogP contribution in [0.4, 0.5) is 4.79 Å². The van der Waals surface area contributed by atoms with Gasteiger partial charge in [0.05, 0.1) is 4.90 Å². The molecule has 1 aromatic carbocycles. The number of benzene rings is 1. The molecule has 1 amide bonds. The van der Waals surface area contributed by atoms with Crippen LogP contribution in [0.3, 0.4) is 0 Å². The lowest BCUT2D eigenvalue weighted by Gasteiger charge is -2.31. The van der Waals surface area contributed by atoms with Crippen LogP contribution in [0.25, 0.3) is 0 Å². The molecule has 3 aliphatic rings. The monoisotopic (exact) mass is 543 g/mol. The first-order valence-corrected chi connectivity index (χ1v) is 15.3. The van der Waals surface area contributed by atoms with Gasteiger partial charge in [0, 0.05) is 30.8 Å². The zero-order chi connectivity index (χ0) is 26.5. The normalized spacial score (nSPS) is 19.3. The highest BCUT2D eigenvalue weighted by atomic mass is 32.2. The molecule has 3 fully saturated rings. The van der Waals surface area contributed by atoms with Crippen LogP contribution in [0.5, 0.6) is 5.88 Å². The molecule has 1 aromatic heterocycles. The molecule has 1 saturated heterocycles. The summed E-state index contributed by atoms with van der Waals surface area (Å²) < 4.78 is 28.6. The summed E-state index contributed by atoms with van der Waals surface area (Å²) in [6.45, 7) is 1.43. The van der Waals surface area contributed by atoms with Crippen LogP contribution in [-0.2, 0) is 32.7 Å². The fraction of sp³-hybridized carbons (Fsp3) is 0.571. The number of aromatic nitrogens is 1. The fourth-order valence-electron chi connectivity index (χ4n) is 5.28. The molecule has 5 rings (SSSR count). The van der Waals surface area contributed by atoms with E-state index in [4.69, 9.17) is 19.7 Å². The summed E-state index contributed by atoms with van der Waals surface area (Å²) in [7, 11) is -3.68. The highest BCUT2D eigenvalue weighted by Crippen LogP contribution is 2.40. The van der Waals surface area contributed by atoms with Gasteiger partial charge in [-0.15, -0.1) is 0 Å². The van der Waals surface area contributed by atoms with Gasteiger partial charge in [-0.1, -0.05) is 31.4 Å². The first-order valence-electron chi connectivity index (χ1n) is 13.7. The van der Waals surface area contributed by atoms with E-state index in [1.54, 1.807) is 23.1 Å². The highest BCUT2D eigenvalue weighted by molar-refractivity contribution is 7.89. The van der Waals surface area contributed by atoms with Crippen LogP contribution >= 0.6 is 0 Å². The summed E-state index contributed by atoms with van der Waals surface area (Å²) in [6, 6.07) is 10.5. The lowest BCUT2D eigenvalue weighted by molar-refractivity contribution is -0.253. The van der Waals surface area contributed by atoms with Gasteiger partial charge in [-0.3, -0.25) is 0 Å². The third-order valence-corrected chi connectivity index (χ3v) is 8.64. The second-order valence-electron chi connectivity index (χ2n) is 10.8. The molecule has 0 atom stereocenters. The van der Waals surface area contributed by atoms with Gasteiger partial charge in [-0.25, -0.2) is 23.3 Å². The minimum atomic E-state index is -3.68. The number of likely N-dealkylation sites (tertiary alicyclic amines) is 1. The van der Waals surface area contributed by atoms with Crippen molar-refractivity contribution in [1.82, 2.24) is 9.88 Å². The SMILES string of the molecule is NS(=O)(=O)c1ccc(CC2CCN(C(=O)OCc3cc(OOC4CCCCC4)nc(C4CC4)c3)CC2)cc1. The number of pyridine rings is 1. The summed E-state index contributed by atoms with van der Waals surface area (Å²) in [6.07, 6.45) is 10.2. The highest BCUT2D eigenvalue weighted by Gasteiger charge is 2.27. The van der Waals surface area contributed by atoms with Crippen LogP contribution in [0.15, 0.2) is 41.3 Å². The van der Waals surface area contributed by atoms with Gasteiger partial charge in [-0.2, -0.15) is 4.89 Å². The quantitative estimate of drug-likeness (QED) is 0.355. The van der Waals surface area contributed by atoms with Gasteiger partial charge in [0.15, 0.2) is 0 Å². The van der Waals surface area contributed by atoms with E-state index in [0.29, 0.717) is 30.8 Å². The minimum absolute atomic E-state index is 0.112. The molecule has 1 aliphatic heterocycles. The Balaban J connectivity index is 1.10. The van der Waals surface area contributed by atoms with Crippen LogP contribution < -0.4 is 10.0 Å². The standard InChI is InChI=1S/C28H37N3O6S/c29-38(33,34)25-10-6-20(7-11-25)16-21-12-14-31(15-13-21)28(32)35-19-22-17-26(23-8-9-23)30-27(18-22)37-36-24-4-2-1-3-5-24/h6-7,10-11,17-18,21,23-24H,1-5,8-9,12-16,19H2,(H2,29,33,34). The molecular formula is C28H37N3O6S. The van der Waals surface area contributed by atoms with Crippen molar-refractivity contribution in [2.24, 2.45) is 11.1 Å². The second kappa shape index (κ2) is 12.0. The number of primary sulfonamides is 1. The maximum absolute atomic E-state index is 12.8. The second-order valence-corrected chi connectivity index (χ2v) is 12.4. The number of hydrogen-bond acceptors (Lipinski definition) is 7. The third-order valence-electron chi connectivity index (χ3n) is 7.71. The number of carbonyl (C=O) groups is 1. The summed E-state index contributed by atoms with van der Waals surface area (Å²) in [5.41, 5.74) is 2.89. The van der Waals surface area contributed by atoms with Gasteiger partial charge in [0.1, 0.15) is 12.7 Å². The van der Waals surface area contributed by atoms with Gasteiger partial charge >= 0.3 is 6.09 Å². The fourth-order valence-corrected chi connectivity index (χ4v) is 5.79. The van der Waals surface area contributed by atoms with E-state index in [9.17, 15) is 13.2 Å². The summed E-state index contributed by atoms with van der Waals surface area (Å²) >= 11 is 0. The molecule has 0 radical (unpaired) electrons. The Hall–Kier alpha value is -2.69. The smallest absolute Gasteiger partial charge is 0.410 e. The molecule has 9 nitrogen and oxygen atoms in total. The topological polar surface area (TPSA) is 121 Å². The van der Waals surface area contributed by atoms with Crippen LogP contribution in [-0.4, -0.2) is 43.6 Å². The predicted octanol–water partition coefficient (Wildman–Crippen LogP) is 4.84. The Labute approximate surface area is 224 Å². The molecule has 2 saturated carbocycles. The molecule has 0 unspecified atom stereocenters. The van der Waals surface area contributed by atoms with Crippen molar-refractivity contribution in [2.75, 3.05) is 13.1 Å². The number of sulfonamides is 1. The first-order chi connectivity index (χ1) is 18.3. The molecule has 2 aromatic rings. The summed E-state index contributed by atoms with van der Waals surface area (Å²) in [5.74, 6) is 1.30.